The van der Waals surface area contributed by atoms with Gasteiger partial charge < -0.3 is 9.64 Å². The third-order valence-electron chi connectivity index (χ3n) is 3.64. The molecule has 1 aliphatic rings. The molecule has 2 aromatic carbocycles. The topological polar surface area (TPSA) is 41.6 Å². The number of carbonyl (C=O) groups excluding carboxylic acids is 1. The van der Waals surface area contributed by atoms with E-state index in [2.05, 4.69) is 5.32 Å². The molecule has 132 valence electrons. The second-order valence-electron chi connectivity index (χ2n) is 5.69. The Hall–Kier alpha value is -2.77. The van der Waals surface area contributed by atoms with E-state index in [1.165, 1.54) is 0 Å². The minimum atomic E-state index is -2.95. The van der Waals surface area contributed by atoms with Gasteiger partial charge in [0.25, 0.3) is 5.92 Å². The number of ether oxygens (including phenoxy) is 1. The van der Waals surface area contributed by atoms with E-state index in [1.807, 2.05) is 6.07 Å². The van der Waals surface area contributed by atoms with Crippen LogP contribution in [-0.4, -0.2) is 25.1 Å². The number of hydrogen-bond donors (Lipinski definition) is 1. The molecule has 0 radical (unpaired) electrons. The summed E-state index contributed by atoms with van der Waals surface area (Å²) in [6, 6.07) is 10.6. The predicted octanol–water partition coefficient (Wildman–Crippen LogP) is 4.17. The first-order valence-corrected chi connectivity index (χ1v) is 7.43. The molecule has 2 aromatic rings. The van der Waals surface area contributed by atoms with E-state index in [4.69, 9.17) is 4.74 Å². The van der Waals surface area contributed by atoms with E-state index in [9.17, 15) is 22.4 Å². The minimum absolute atomic E-state index is 0.00141. The largest absolute Gasteiger partial charge is 0.444 e. The number of hydrogen-bond acceptors (Lipinski definition) is 3. The van der Waals surface area contributed by atoms with Crippen LogP contribution >= 0.6 is 0 Å². The lowest BCUT2D eigenvalue weighted by atomic mass is 10.1. The summed E-state index contributed by atoms with van der Waals surface area (Å²) in [6.45, 7) is -1.49. The highest BCUT2D eigenvalue weighted by Gasteiger charge is 2.45. The maximum atomic E-state index is 14.0. The van der Waals surface area contributed by atoms with Crippen LogP contribution in [0.15, 0.2) is 42.5 Å². The van der Waals surface area contributed by atoms with Crippen molar-refractivity contribution < 1.29 is 27.1 Å². The van der Waals surface area contributed by atoms with Gasteiger partial charge in [-0.2, -0.15) is 0 Å². The second-order valence-corrected chi connectivity index (χ2v) is 5.69. The quantitative estimate of drug-likeness (QED) is 0.838. The standard InChI is InChI=1S/C17H14F4N2O2/c18-13-6-12(7-14(19)15(13)23-9-17(20,21)10-23)22-16(24)25-8-11-4-2-1-3-5-11/h1-7H,8-10H2,(H,22,24). The van der Waals surface area contributed by atoms with Gasteiger partial charge in [0.05, 0.1) is 13.1 Å². The fraction of sp³-hybridized carbons (Fsp3) is 0.235. The van der Waals surface area contributed by atoms with Crippen LogP contribution in [0.5, 0.6) is 0 Å². The Bertz CT molecular complexity index is 752. The van der Waals surface area contributed by atoms with Crippen molar-refractivity contribution in [2.45, 2.75) is 12.5 Å². The SMILES string of the molecule is O=C(Nc1cc(F)c(N2CC(F)(F)C2)c(F)c1)OCc1ccccc1. The summed E-state index contributed by atoms with van der Waals surface area (Å²) < 4.78 is 58.7. The molecule has 3 rings (SSSR count). The minimum Gasteiger partial charge on any atom is -0.444 e. The molecule has 1 N–H and O–H groups in total. The highest BCUT2D eigenvalue weighted by molar-refractivity contribution is 5.85. The monoisotopic (exact) mass is 354 g/mol. The molecule has 8 heteroatoms. The third kappa shape index (κ3) is 4.01. The van der Waals surface area contributed by atoms with Crippen molar-refractivity contribution in [1.82, 2.24) is 0 Å². The molecule has 25 heavy (non-hydrogen) atoms. The number of alkyl halides is 2. The molecule has 0 aromatic heterocycles. The summed E-state index contributed by atoms with van der Waals surface area (Å²) in [4.78, 5) is 12.6. The lowest BCUT2D eigenvalue weighted by Crippen LogP contribution is -2.57. The van der Waals surface area contributed by atoms with Gasteiger partial charge in [0.2, 0.25) is 0 Å². The molecule has 1 fully saturated rings. The first-order valence-electron chi connectivity index (χ1n) is 7.43. The lowest BCUT2D eigenvalue weighted by molar-refractivity contribution is -0.0268. The van der Waals surface area contributed by atoms with Crippen molar-refractivity contribution in [1.29, 1.82) is 0 Å². The van der Waals surface area contributed by atoms with Crippen LogP contribution in [0.3, 0.4) is 0 Å². The van der Waals surface area contributed by atoms with Crippen LogP contribution in [0.1, 0.15) is 5.56 Å². The molecular formula is C17H14F4N2O2. The molecule has 1 amide bonds. The Kier molecular flexibility index (Phi) is 4.52. The number of rotatable bonds is 4. The highest BCUT2D eigenvalue weighted by Crippen LogP contribution is 2.36. The van der Waals surface area contributed by atoms with Crippen molar-refractivity contribution in [3.8, 4) is 0 Å². The Morgan fingerprint density at radius 2 is 1.72 bits per heavy atom. The van der Waals surface area contributed by atoms with E-state index in [1.54, 1.807) is 24.3 Å². The summed E-state index contributed by atoms with van der Waals surface area (Å²) in [5.74, 6) is -5.01. The molecule has 1 saturated heterocycles. The van der Waals surface area contributed by atoms with Crippen LogP contribution in [0.2, 0.25) is 0 Å². The number of carbonyl (C=O) groups is 1. The molecule has 1 heterocycles. The fourth-order valence-electron chi connectivity index (χ4n) is 2.49. The van der Waals surface area contributed by atoms with Crippen molar-refractivity contribution in [2.24, 2.45) is 0 Å². The molecule has 0 saturated carbocycles. The average Bonchev–Trinajstić information content (AvgIpc) is 2.51. The number of amides is 1. The smallest absolute Gasteiger partial charge is 0.411 e. The van der Waals surface area contributed by atoms with Crippen LogP contribution < -0.4 is 10.2 Å². The Balaban J connectivity index is 1.62. The average molecular weight is 354 g/mol. The summed E-state index contributed by atoms with van der Waals surface area (Å²) >= 11 is 0. The number of benzene rings is 2. The summed E-state index contributed by atoms with van der Waals surface area (Å²) in [6.07, 6.45) is -0.883. The number of nitrogens with zero attached hydrogens (tertiary/aromatic N) is 1. The molecule has 4 nitrogen and oxygen atoms in total. The van der Waals surface area contributed by atoms with Crippen LogP contribution in [0, 0.1) is 11.6 Å². The summed E-state index contributed by atoms with van der Waals surface area (Å²) in [7, 11) is 0. The molecule has 0 aliphatic carbocycles. The van der Waals surface area contributed by atoms with Gasteiger partial charge in [-0.25, -0.2) is 22.4 Å². The fourth-order valence-corrected chi connectivity index (χ4v) is 2.49. The van der Waals surface area contributed by atoms with Gasteiger partial charge in [-0.05, 0) is 17.7 Å². The zero-order valence-electron chi connectivity index (χ0n) is 12.9. The van der Waals surface area contributed by atoms with Crippen LogP contribution in [0.25, 0.3) is 0 Å². The number of halogens is 4. The Labute approximate surface area is 141 Å². The van der Waals surface area contributed by atoms with Gasteiger partial charge in [0.1, 0.15) is 12.3 Å². The zero-order chi connectivity index (χ0) is 18.0. The number of anilines is 2. The molecule has 0 bridgehead atoms. The zero-order valence-corrected chi connectivity index (χ0v) is 12.9. The van der Waals surface area contributed by atoms with E-state index >= 15 is 0 Å². The predicted molar refractivity (Wildman–Crippen MR) is 83.8 cm³/mol. The molecule has 0 atom stereocenters. The van der Waals surface area contributed by atoms with Crippen molar-refractivity contribution in [3.05, 3.63) is 59.7 Å². The van der Waals surface area contributed by atoms with Gasteiger partial charge in [-0.15, -0.1) is 0 Å². The lowest BCUT2D eigenvalue weighted by Gasteiger charge is -2.40. The molecular weight excluding hydrogens is 340 g/mol. The van der Waals surface area contributed by atoms with Gasteiger partial charge in [0.15, 0.2) is 11.6 Å². The summed E-state index contributed by atoms with van der Waals surface area (Å²) in [5.41, 5.74) is 0.0577. The van der Waals surface area contributed by atoms with E-state index < -0.39 is 42.4 Å². The molecule has 0 unspecified atom stereocenters. The first kappa shape index (κ1) is 17.1. The van der Waals surface area contributed by atoms with Crippen molar-refractivity contribution >= 4 is 17.5 Å². The van der Waals surface area contributed by atoms with Gasteiger partial charge in [-0.1, -0.05) is 30.3 Å². The number of nitrogens with one attached hydrogen (secondary N) is 1. The Morgan fingerprint density at radius 1 is 1.12 bits per heavy atom. The highest BCUT2D eigenvalue weighted by atomic mass is 19.3. The van der Waals surface area contributed by atoms with E-state index in [0.717, 1.165) is 22.6 Å². The second kappa shape index (κ2) is 6.62. The van der Waals surface area contributed by atoms with Gasteiger partial charge >= 0.3 is 6.09 Å². The Morgan fingerprint density at radius 3 is 2.28 bits per heavy atom. The molecule has 0 spiro atoms. The summed E-state index contributed by atoms with van der Waals surface area (Å²) in [5, 5.41) is 2.20. The maximum Gasteiger partial charge on any atom is 0.411 e. The third-order valence-corrected chi connectivity index (χ3v) is 3.64. The van der Waals surface area contributed by atoms with Crippen LogP contribution in [0.4, 0.5) is 33.7 Å². The van der Waals surface area contributed by atoms with Gasteiger partial charge in [-0.3, -0.25) is 5.32 Å². The normalized spacial score (nSPS) is 15.4. The van der Waals surface area contributed by atoms with Crippen LogP contribution in [-0.2, 0) is 11.3 Å². The van der Waals surface area contributed by atoms with E-state index in [0.29, 0.717) is 0 Å². The maximum absolute atomic E-state index is 14.0. The van der Waals surface area contributed by atoms with Crippen molar-refractivity contribution in [2.75, 3.05) is 23.3 Å². The van der Waals surface area contributed by atoms with Gasteiger partial charge in [0, 0.05) is 5.69 Å². The van der Waals surface area contributed by atoms with Crippen molar-refractivity contribution in [3.63, 3.8) is 0 Å². The molecule has 1 aliphatic heterocycles. The van der Waals surface area contributed by atoms with E-state index in [-0.39, 0.29) is 12.3 Å². The first-order chi connectivity index (χ1) is 11.8.